The van der Waals surface area contributed by atoms with Crippen molar-refractivity contribution in [2.45, 2.75) is 38.5 Å². The molecule has 2 atom stereocenters. The maximum Gasteiger partial charge on any atom is 0.217 e. The second kappa shape index (κ2) is 4.93. The molecular weight excluding hydrogens is 188 g/mol. The molecule has 0 saturated carbocycles. The maximum atomic E-state index is 11.7. The summed E-state index contributed by atoms with van der Waals surface area (Å²) in [6, 6.07) is 0.0407. The molecule has 0 rings (SSSR count). The van der Waals surface area contributed by atoms with E-state index in [1.54, 1.807) is 14.0 Å². The molecule has 0 aromatic carbocycles. The Hall–Kier alpha value is -0.130. The van der Waals surface area contributed by atoms with Crippen molar-refractivity contribution < 1.29 is 8.42 Å². The van der Waals surface area contributed by atoms with Crippen LogP contribution in [-0.4, -0.2) is 37.6 Å². The molecule has 0 radical (unpaired) electrons. The summed E-state index contributed by atoms with van der Waals surface area (Å²) >= 11 is 0. The minimum Gasteiger partial charge on any atom is -0.329 e. The summed E-state index contributed by atoms with van der Waals surface area (Å²) in [4.78, 5) is 0. The Bertz CT molecular complexity index is 239. The number of hydrogen-bond donors (Lipinski definition) is 1. The first-order valence-electron chi connectivity index (χ1n) is 4.54. The normalized spacial score (nSPS) is 17.4. The molecule has 0 amide bonds. The molecule has 0 aromatic heterocycles. The van der Waals surface area contributed by atoms with Crippen molar-refractivity contribution in [1.82, 2.24) is 4.31 Å². The first-order valence-corrected chi connectivity index (χ1v) is 6.05. The van der Waals surface area contributed by atoms with E-state index in [1.807, 2.05) is 13.8 Å². The minimum absolute atomic E-state index is 0.0407. The number of nitrogens with two attached hydrogens (primary N) is 1. The van der Waals surface area contributed by atoms with Crippen molar-refractivity contribution in [2.75, 3.05) is 13.6 Å². The fourth-order valence-electron chi connectivity index (χ4n) is 0.913. The van der Waals surface area contributed by atoms with Crippen LogP contribution in [0.2, 0.25) is 0 Å². The molecule has 80 valence electrons. The summed E-state index contributed by atoms with van der Waals surface area (Å²) in [6.07, 6.45) is 0.813. The summed E-state index contributed by atoms with van der Waals surface area (Å²) in [5, 5.41) is -0.494. The van der Waals surface area contributed by atoms with Gasteiger partial charge in [0.25, 0.3) is 0 Å². The third kappa shape index (κ3) is 2.93. The quantitative estimate of drug-likeness (QED) is 0.711. The van der Waals surface area contributed by atoms with Crippen LogP contribution in [0.3, 0.4) is 0 Å². The fraction of sp³-hybridized carbons (Fsp3) is 1.00. The maximum absolute atomic E-state index is 11.7. The monoisotopic (exact) mass is 208 g/mol. The zero-order chi connectivity index (χ0) is 10.6. The summed E-state index contributed by atoms with van der Waals surface area (Å²) in [7, 11) is -1.59. The molecule has 0 spiro atoms. The number of nitrogens with zero attached hydrogens (tertiary/aromatic N) is 1. The standard InChI is InChI=1S/C8H20N2O2S/c1-5-7(2)10(4)13(11,12)8(3)6-9/h7-8H,5-6,9H2,1-4H3. The summed E-state index contributed by atoms with van der Waals surface area (Å²) < 4.78 is 24.8. The Kier molecular flexibility index (Phi) is 4.88. The van der Waals surface area contributed by atoms with Crippen LogP contribution in [0.5, 0.6) is 0 Å². The lowest BCUT2D eigenvalue weighted by Gasteiger charge is -2.26. The molecular formula is C8H20N2O2S. The first-order chi connectivity index (χ1) is 5.87. The molecule has 13 heavy (non-hydrogen) atoms. The molecule has 0 fully saturated rings. The van der Waals surface area contributed by atoms with E-state index in [0.717, 1.165) is 6.42 Å². The molecule has 0 aliphatic rings. The third-order valence-electron chi connectivity index (χ3n) is 2.45. The zero-order valence-corrected chi connectivity index (χ0v) is 9.63. The lowest BCUT2D eigenvalue weighted by atomic mass is 10.3. The van der Waals surface area contributed by atoms with Crippen molar-refractivity contribution >= 4 is 10.0 Å². The van der Waals surface area contributed by atoms with Gasteiger partial charge in [-0.05, 0) is 20.3 Å². The van der Waals surface area contributed by atoms with Crippen molar-refractivity contribution in [2.24, 2.45) is 5.73 Å². The van der Waals surface area contributed by atoms with Crippen molar-refractivity contribution in [3.05, 3.63) is 0 Å². The highest BCUT2D eigenvalue weighted by Crippen LogP contribution is 2.11. The molecule has 2 N–H and O–H groups in total. The lowest BCUT2D eigenvalue weighted by molar-refractivity contribution is 0.376. The van der Waals surface area contributed by atoms with Crippen molar-refractivity contribution in [1.29, 1.82) is 0 Å². The van der Waals surface area contributed by atoms with Gasteiger partial charge < -0.3 is 5.73 Å². The van der Waals surface area contributed by atoms with Gasteiger partial charge in [0.15, 0.2) is 0 Å². The molecule has 0 saturated heterocycles. The number of hydrogen-bond acceptors (Lipinski definition) is 3. The Morgan fingerprint density at radius 3 is 2.15 bits per heavy atom. The van der Waals surface area contributed by atoms with E-state index in [0.29, 0.717) is 0 Å². The second-order valence-corrected chi connectivity index (χ2v) is 5.78. The third-order valence-corrected chi connectivity index (χ3v) is 4.83. The van der Waals surface area contributed by atoms with Gasteiger partial charge in [0.2, 0.25) is 10.0 Å². The van der Waals surface area contributed by atoms with Crippen LogP contribution in [-0.2, 0) is 10.0 Å². The van der Waals surface area contributed by atoms with Gasteiger partial charge in [-0.3, -0.25) is 0 Å². The molecule has 4 nitrogen and oxygen atoms in total. The molecule has 0 aliphatic carbocycles. The highest BCUT2D eigenvalue weighted by Gasteiger charge is 2.27. The second-order valence-electron chi connectivity index (χ2n) is 3.36. The van der Waals surface area contributed by atoms with E-state index in [9.17, 15) is 8.42 Å². The fourth-order valence-corrected chi connectivity index (χ4v) is 2.37. The van der Waals surface area contributed by atoms with Gasteiger partial charge in [-0.1, -0.05) is 6.92 Å². The van der Waals surface area contributed by atoms with Crippen LogP contribution >= 0.6 is 0 Å². The van der Waals surface area contributed by atoms with E-state index in [1.165, 1.54) is 4.31 Å². The number of rotatable bonds is 5. The Morgan fingerprint density at radius 1 is 1.38 bits per heavy atom. The van der Waals surface area contributed by atoms with Gasteiger partial charge in [-0.25, -0.2) is 12.7 Å². The smallest absolute Gasteiger partial charge is 0.217 e. The topological polar surface area (TPSA) is 63.4 Å². The average molecular weight is 208 g/mol. The van der Waals surface area contributed by atoms with Crippen LogP contribution in [0.4, 0.5) is 0 Å². The Balaban J connectivity index is 4.64. The van der Waals surface area contributed by atoms with Crippen LogP contribution in [0.1, 0.15) is 27.2 Å². The molecule has 0 aliphatic heterocycles. The Labute approximate surface area is 81.2 Å². The largest absolute Gasteiger partial charge is 0.329 e. The van der Waals surface area contributed by atoms with E-state index in [4.69, 9.17) is 5.73 Å². The molecule has 2 unspecified atom stereocenters. The SMILES string of the molecule is CCC(C)N(C)S(=O)(=O)C(C)CN. The van der Waals surface area contributed by atoms with Gasteiger partial charge >= 0.3 is 0 Å². The van der Waals surface area contributed by atoms with E-state index >= 15 is 0 Å². The van der Waals surface area contributed by atoms with Gasteiger partial charge in [0.1, 0.15) is 0 Å². The zero-order valence-electron chi connectivity index (χ0n) is 8.82. The van der Waals surface area contributed by atoms with Crippen molar-refractivity contribution in [3.8, 4) is 0 Å². The highest BCUT2D eigenvalue weighted by atomic mass is 32.2. The summed E-state index contributed by atoms with van der Waals surface area (Å²) in [5.74, 6) is 0. The van der Waals surface area contributed by atoms with Gasteiger partial charge in [0, 0.05) is 19.6 Å². The molecule has 0 bridgehead atoms. The van der Waals surface area contributed by atoms with Crippen LogP contribution in [0.15, 0.2) is 0 Å². The van der Waals surface area contributed by atoms with Gasteiger partial charge in [-0.2, -0.15) is 0 Å². The van der Waals surface area contributed by atoms with E-state index in [2.05, 4.69) is 0 Å². The van der Waals surface area contributed by atoms with Crippen LogP contribution in [0, 0.1) is 0 Å². The van der Waals surface area contributed by atoms with Gasteiger partial charge in [0.05, 0.1) is 5.25 Å². The first kappa shape index (κ1) is 12.9. The minimum atomic E-state index is -3.19. The van der Waals surface area contributed by atoms with Gasteiger partial charge in [-0.15, -0.1) is 0 Å². The average Bonchev–Trinajstić information content (AvgIpc) is 2.13. The number of sulfonamides is 1. The predicted octanol–water partition coefficient (Wildman–Crippen LogP) is 0.394. The molecule has 5 heteroatoms. The highest BCUT2D eigenvalue weighted by molar-refractivity contribution is 7.89. The van der Waals surface area contributed by atoms with Crippen LogP contribution in [0.25, 0.3) is 0 Å². The lowest BCUT2D eigenvalue weighted by Crippen LogP contribution is -2.42. The van der Waals surface area contributed by atoms with Crippen LogP contribution < -0.4 is 5.73 Å². The molecule has 0 heterocycles. The predicted molar refractivity (Wildman–Crippen MR) is 55.0 cm³/mol. The van der Waals surface area contributed by atoms with E-state index in [-0.39, 0.29) is 12.6 Å². The van der Waals surface area contributed by atoms with Crippen molar-refractivity contribution in [3.63, 3.8) is 0 Å². The molecule has 0 aromatic rings. The summed E-state index contributed by atoms with van der Waals surface area (Å²) in [5.41, 5.74) is 5.33. The summed E-state index contributed by atoms with van der Waals surface area (Å²) in [6.45, 7) is 5.65. The van der Waals surface area contributed by atoms with E-state index < -0.39 is 15.3 Å². The Morgan fingerprint density at radius 2 is 1.85 bits per heavy atom.